The van der Waals surface area contributed by atoms with E-state index in [2.05, 4.69) is 0 Å². The molecule has 0 heterocycles. The third-order valence-corrected chi connectivity index (χ3v) is 2.02. The summed E-state index contributed by atoms with van der Waals surface area (Å²) in [5.74, 6) is -0.821. The van der Waals surface area contributed by atoms with Gasteiger partial charge in [-0.25, -0.2) is 13.2 Å². The number of rotatable bonds is 4. The smallest absolute Gasteiger partial charge is 0.269 e. The van der Waals surface area contributed by atoms with E-state index >= 15 is 0 Å². The maximum Gasteiger partial charge on any atom is 0.269 e. The quantitative estimate of drug-likeness (QED) is 0.642. The Balaban J connectivity index is 3.02. The lowest BCUT2D eigenvalue weighted by Gasteiger charge is -2.11. The molecule has 88 valence electrons. The highest BCUT2D eigenvalue weighted by Gasteiger charge is 2.19. The number of nitrogens with zero attached hydrogens (tertiary/aromatic N) is 1. The van der Waals surface area contributed by atoms with Crippen LogP contribution in [0.5, 0.6) is 0 Å². The molecule has 7 heteroatoms. The van der Waals surface area contributed by atoms with E-state index in [1.807, 2.05) is 0 Å². The van der Waals surface area contributed by atoms with E-state index < -0.39 is 29.6 Å². The van der Waals surface area contributed by atoms with Crippen molar-refractivity contribution in [3.05, 3.63) is 39.7 Å². The maximum absolute atomic E-state index is 13.2. The average Bonchev–Trinajstić information content (AvgIpc) is 2.16. The zero-order valence-electron chi connectivity index (χ0n) is 8.07. The molecule has 0 fully saturated rings. The van der Waals surface area contributed by atoms with Crippen LogP contribution in [-0.2, 0) is 0 Å². The molecule has 0 aromatic heterocycles. The van der Waals surface area contributed by atoms with E-state index in [0.29, 0.717) is 0 Å². The van der Waals surface area contributed by atoms with Gasteiger partial charge < -0.3 is 5.73 Å². The van der Waals surface area contributed by atoms with E-state index in [1.165, 1.54) is 0 Å². The molecule has 0 aliphatic heterocycles. The molecule has 0 saturated heterocycles. The number of hydrogen-bond acceptors (Lipinski definition) is 3. The number of benzene rings is 1. The number of alkyl halides is 2. The molecular weight excluding hydrogens is 225 g/mol. The van der Waals surface area contributed by atoms with Crippen LogP contribution in [0.1, 0.15) is 18.0 Å². The molecule has 0 bridgehead atoms. The Morgan fingerprint density at radius 3 is 2.56 bits per heavy atom. The molecule has 16 heavy (non-hydrogen) atoms. The number of non-ortho nitro benzene ring substituents is 1. The first kappa shape index (κ1) is 12.4. The Morgan fingerprint density at radius 1 is 1.44 bits per heavy atom. The van der Waals surface area contributed by atoms with Gasteiger partial charge in [-0.3, -0.25) is 10.1 Å². The van der Waals surface area contributed by atoms with Gasteiger partial charge in [0.05, 0.1) is 4.92 Å². The predicted molar refractivity (Wildman–Crippen MR) is 50.6 cm³/mol. The van der Waals surface area contributed by atoms with Gasteiger partial charge in [0.2, 0.25) is 6.43 Å². The normalized spacial score (nSPS) is 12.8. The molecule has 0 saturated carbocycles. The van der Waals surface area contributed by atoms with Gasteiger partial charge >= 0.3 is 0 Å². The van der Waals surface area contributed by atoms with Crippen molar-refractivity contribution in [1.82, 2.24) is 0 Å². The lowest BCUT2D eigenvalue weighted by molar-refractivity contribution is -0.385. The first-order chi connectivity index (χ1) is 7.41. The van der Waals surface area contributed by atoms with E-state index in [1.54, 1.807) is 0 Å². The van der Waals surface area contributed by atoms with Crippen LogP contribution >= 0.6 is 0 Å². The fourth-order valence-corrected chi connectivity index (χ4v) is 1.25. The van der Waals surface area contributed by atoms with Gasteiger partial charge in [-0.2, -0.15) is 0 Å². The second-order valence-corrected chi connectivity index (χ2v) is 3.20. The Hall–Kier alpha value is -1.63. The van der Waals surface area contributed by atoms with Gasteiger partial charge in [-0.15, -0.1) is 0 Å². The largest absolute Gasteiger partial charge is 0.324 e. The molecule has 0 aliphatic rings. The first-order valence-corrected chi connectivity index (χ1v) is 4.39. The molecule has 4 nitrogen and oxygen atoms in total. The molecule has 0 amide bonds. The van der Waals surface area contributed by atoms with Crippen LogP contribution in [0.2, 0.25) is 0 Å². The van der Waals surface area contributed by atoms with Crippen LogP contribution in [0.15, 0.2) is 18.2 Å². The maximum atomic E-state index is 13.2. The molecule has 0 spiro atoms. The van der Waals surface area contributed by atoms with Gasteiger partial charge in [0.1, 0.15) is 5.82 Å². The minimum atomic E-state index is -2.69. The van der Waals surface area contributed by atoms with Crippen LogP contribution in [0, 0.1) is 15.9 Å². The summed E-state index contributed by atoms with van der Waals surface area (Å²) in [6, 6.07) is 1.43. The van der Waals surface area contributed by atoms with Crippen molar-refractivity contribution >= 4 is 5.69 Å². The van der Waals surface area contributed by atoms with Crippen molar-refractivity contribution in [2.45, 2.75) is 18.9 Å². The summed E-state index contributed by atoms with van der Waals surface area (Å²) in [5, 5.41) is 10.4. The van der Waals surface area contributed by atoms with Crippen molar-refractivity contribution in [3.8, 4) is 0 Å². The Kier molecular flexibility index (Phi) is 3.83. The summed E-state index contributed by atoms with van der Waals surface area (Å²) in [4.78, 5) is 9.67. The molecule has 0 radical (unpaired) electrons. The van der Waals surface area contributed by atoms with Crippen LogP contribution in [-0.4, -0.2) is 11.3 Å². The fraction of sp³-hybridized carbons (Fsp3) is 0.333. The number of nitrogens with two attached hydrogens (primary N) is 1. The summed E-state index contributed by atoms with van der Waals surface area (Å²) in [6.07, 6.45) is -3.42. The highest BCUT2D eigenvalue weighted by molar-refractivity contribution is 5.36. The number of nitro benzene ring substituents is 1. The van der Waals surface area contributed by atoms with Crippen LogP contribution in [0.3, 0.4) is 0 Å². The minimum absolute atomic E-state index is 0.269. The number of halogens is 3. The Labute approximate surface area is 89.0 Å². The second-order valence-electron chi connectivity index (χ2n) is 3.20. The van der Waals surface area contributed by atoms with Crippen LogP contribution < -0.4 is 5.73 Å². The second kappa shape index (κ2) is 4.93. The Bertz CT molecular complexity index is 398. The number of nitro groups is 1. The van der Waals surface area contributed by atoms with Gasteiger partial charge in [-0.1, -0.05) is 0 Å². The molecule has 2 N–H and O–H groups in total. The number of hydrogen-bond donors (Lipinski definition) is 1. The third-order valence-electron chi connectivity index (χ3n) is 2.02. The lowest BCUT2D eigenvalue weighted by Crippen LogP contribution is -2.15. The average molecular weight is 234 g/mol. The Morgan fingerprint density at radius 2 is 2.06 bits per heavy atom. The monoisotopic (exact) mass is 234 g/mol. The van der Waals surface area contributed by atoms with Gasteiger partial charge in [0, 0.05) is 30.2 Å². The zero-order valence-corrected chi connectivity index (χ0v) is 8.07. The standard InChI is InChI=1S/C9H9F3N2O2/c10-7-2-1-5(14(15)16)3-6(7)8(13)4-9(11)12/h1-3,8-9H,4,13H2/t8-/m0/s1. The summed E-state index contributed by atoms with van der Waals surface area (Å²) in [5.41, 5.74) is 4.68. The molecule has 0 aliphatic carbocycles. The fourth-order valence-electron chi connectivity index (χ4n) is 1.25. The molecular formula is C9H9F3N2O2. The topological polar surface area (TPSA) is 69.2 Å². The third kappa shape index (κ3) is 2.93. The molecule has 1 aromatic rings. The van der Waals surface area contributed by atoms with Crippen molar-refractivity contribution in [3.63, 3.8) is 0 Å². The van der Waals surface area contributed by atoms with E-state index in [-0.39, 0.29) is 11.3 Å². The summed E-state index contributed by atoms with van der Waals surface area (Å²) < 4.78 is 37.2. The first-order valence-electron chi connectivity index (χ1n) is 4.39. The summed E-state index contributed by atoms with van der Waals surface area (Å²) >= 11 is 0. The van der Waals surface area contributed by atoms with Gasteiger partial charge in [-0.05, 0) is 6.07 Å². The lowest BCUT2D eigenvalue weighted by atomic mass is 10.0. The van der Waals surface area contributed by atoms with Crippen molar-refractivity contribution in [2.75, 3.05) is 0 Å². The summed E-state index contributed by atoms with van der Waals surface area (Å²) in [7, 11) is 0. The highest BCUT2D eigenvalue weighted by atomic mass is 19.3. The van der Waals surface area contributed by atoms with Crippen molar-refractivity contribution < 1.29 is 18.1 Å². The minimum Gasteiger partial charge on any atom is -0.324 e. The molecule has 1 rings (SSSR count). The van der Waals surface area contributed by atoms with E-state index in [9.17, 15) is 23.3 Å². The highest BCUT2D eigenvalue weighted by Crippen LogP contribution is 2.24. The van der Waals surface area contributed by atoms with Gasteiger partial charge in [0.15, 0.2) is 0 Å². The predicted octanol–water partition coefficient (Wildman–Crippen LogP) is 2.39. The van der Waals surface area contributed by atoms with Crippen molar-refractivity contribution in [2.24, 2.45) is 5.73 Å². The van der Waals surface area contributed by atoms with Crippen LogP contribution in [0.25, 0.3) is 0 Å². The van der Waals surface area contributed by atoms with Gasteiger partial charge in [0.25, 0.3) is 5.69 Å². The van der Waals surface area contributed by atoms with E-state index in [0.717, 1.165) is 18.2 Å². The van der Waals surface area contributed by atoms with E-state index in [4.69, 9.17) is 5.73 Å². The molecule has 0 unspecified atom stereocenters. The SMILES string of the molecule is N[C@@H](CC(F)F)c1cc([N+](=O)[O-])ccc1F. The van der Waals surface area contributed by atoms with Crippen LogP contribution in [0.4, 0.5) is 18.9 Å². The van der Waals surface area contributed by atoms with Crippen molar-refractivity contribution in [1.29, 1.82) is 0 Å². The molecule has 1 aromatic carbocycles. The molecule has 1 atom stereocenters. The summed E-state index contributed by atoms with van der Waals surface area (Å²) in [6.45, 7) is 0. The zero-order chi connectivity index (χ0) is 12.3.